The first-order valence-electron chi connectivity index (χ1n) is 9.33. The predicted molar refractivity (Wildman–Crippen MR) is 114 cm³/mol. The Morgan fingerprint density at radius 2 is 1.62 bits per heavy atom. The van der Waals surface area contributed by atoms with E-state index >= 15 is 0 Å². The van der Waals surface area contributed by atoms with Crippen molar-refractivity contribution >= 4 is 23.4 Å². The lowest BCUT2D eigenvalue weighted by Crippen LogP contribution is -2.30. The van der Waals surface area contributed by atoms with Crippen molar-refractivity contribution in [2.45, 2.75) is 25.0 Å². The van der Waals surface area contributed by atoms with Gasteiger partial charge in [-0.25, -0.2) is 9.50 Å². The van der Waals surface area contributed by atoms with Gasteiger partial charge < -0.3 is 5.32 Å². The molecule has 7 heteroatoms. The fourth-order valence-corrected chi connectivity index (χ4v) is 3.82. The average molecular weight is 404 g/mol. The van der Waals surface area contributed by atoms with Crippen molar-refractivity contribution in [3.8, 4) is 0 Å². The zero-order valence-corrected chi connectivity index (χ0v) is 17.1. The fourth-order valence-electron chi connectivity index (χ4n) is 3.19. The Labute approximate surface area is 173 Å². The molecule has 0 spiro atoms. The highest BCUT2D eigenvalue weighted by Gasteiger charge is 2.17. The third-order valence-corrected chi connectivity index (χ3v) is 5.34. The number of hydrogen-bond donors (Lipinski definition) is 1. The molecule has 29 heavy (non-hydrogen) atoms. The number of benzene rings is 2. The van der Waals surface area contributed by atoms with Gasteiger partial charge in [-0.2, -0.15) is 4.98 Å². The van der Waals surface area contributed by atoms with Crippen molar-refractivity contribution in [1.82, 2.24) is 24.9 Å². The average Bonchev–Trinajstić information content (AvgIpc) is 3.15. The zero-order chi connectivity index (χ0) is 20.2. The lowest BCUT2D eigenvalue weighted by molar-refractivity contribution is -0.119. The standard InChI is InChI=1S/C22H21N5OS/c1-15-13-16(2)27-21(23-15)25-22(26-27)29-14-19(28)24-20(17-9-5-3-6-10-17)18-11-7-4-8-12-18/h3-13,20H,14H2,1-2H3,(H,24,28). The van der Waals surface area contributed by atoms with Crippen LogP contribution in [-0.4, -0.2) is 31.2 Å². The number of carbonyl (C=O) groups is 1. The Kier molecular flexibility index (Phi) is 5.57. The van der Waals surface area contributed by atoms with E-state index in [4.69, 9.17) is 0 Å². The van der Waals surface area contributed by atoms with Crippen LogP contribution in [0, 0.1) is 13.8 Å². The van der Waals surface area contributed by atoms with Crippen molar-refractivity contribution in [2.24, 2.45) is 0 Å². The van der Waals surface area contributed by atoms with E-state index in [2.05, 4.69) is 20.4 Å². The minimum absolute atomic E-state index is 0.0765. The number of hydrogen-bond acceptors (Lipinski definition) is 5. The second kappa shape index (κ2) is 8.45. The maximum absolute atomic E-state index is 12.7. The summed E-state index contributed by atoms with van der Waals surface area (Å²) in [6.07, 6.45) is 0. The second-order valence-electron chi connectivity index (χ2n) is 6.76. The Morgan fingerprint density at radius 1 is 1.00 bits per heavy atom. The van der Waals surface area contributed by atoms with Crippen LogP contribution in [0.2, 0.25) is 0 Å². The molecule has 0 atom stereocenters. The van der Waals surface area contributed by atoms with Crippen molar-refractivity contribution < 1.29 is 4.79 Å². The Morgan fingerprint density at radius 3 is 2.24 bits per heavy atom. The van der Waals surface area contributed by atoms with Crippen molar-refractivity contribution in [2.75, 3.05) is 5.75 Å². The van der Waals surface area contributed by atoms with Gasteiger partial charge in [0.1, 0.15) is 0 Å². The summed E-state index contributed by atoms with van der Waals surface area (Å²) in [6, 6.07) is 21.7. The number of nitrogens with one attached hydrogen (secondary N) is 1. The largest absolute Gasteiger partial charge is 0.344 e. The minimum atomic E-state index is -0.203. The molecule has 2 aromatic carbocycles. The van der Waals surface area contributed by atoms with Gasteiger partial charge in [-0.1, -0.05) is 72.4 Å². The van der Waals surface area contributed by atoms with Crippen molar-refractivity contribution in [3.63, 3.8) is 0 Å². The minimum Gasteiger partial charge on any atom is -0.344 e. The Balaban J connectivity index is 1.48. The highest BCUT2D eigenvalue weighted by atomic mass is 32.2. The van der Waals surface area contributed by atoms with Crippen LogP contribution in [-0.2, 0) is 4.79 Å². The van der Waals surface area contributed by atoms with Gasteiger partial charge in [0.05, 0.1) is 11.8 Å². The first kappa shape index (κ1) is 19.1. The second-order valence-corrected chi connectivity index (χ2v) is 7.70. The smallest absolute Gasteiger partial charge is 0.253 e. The predicted octanol–water partition coefficient (Wildman–Crippen LogP) is 3.74. The number of fused-ring (bicyclic) bond motifs is 1. The number of aromatic nitrogens is 4. The van der Waals surface area contributed by atoms with Gasteiger partial charge in [-0.05, 0) is 31.0 Å². The number of thioether (sulfide) groups is 1. The summed E-state index contributed by atoms with van der Waals surface area (Å²) < 4.78 is 1.70. The van der Waals surface area contributed by atoms with Crippen LogP contribution < -0.4 is 5.32 Å². The Bertz CT molecular complexity index is 1090. The summed E-state index contributed by atoms with van der Waals surface area (Å²) in [4.78, 5) is 21.5. The molecule has 0 radical (unpaired) electrons. The van der Waals surface area contributed by atoms with Gasteiger partial charge in [-0.15, -0.1) is 5.10 Å². The molecule has 2 heterocycles. The molecule has 2 aromatic heterocycles. The lowest BCUT2D eigenvalue weighted by atomic mass is 9.99. The van der Waals surface area contributed by atoms with Crippen LogP contribution in [0.4, 0.5) is 0 Å². The molecule has 1 N–H and O–H groups in total. The summed E-state index contributed by atoms with van der Waals surface area (Å²) in [6.45, 7) is 3.89. The molecule has 146 valence electrons. The molecule has 1 amide bonds. The van der Waals surface area contributed by atoms with E-state index in [1.165, 1.54) is 11.8 Å². The van der Waals surface area contributed by atoms with Crippen LogP contribution in [0.1, 0.15) is 28.6 Å². The third-order valence-electron chi connectivity index (χ3n) is 4.50. The monoisotopic (exact) mass is 403 g/mol. The molecule has 0 aliphatic rings. The lowest BCUT2D eigenvalue weighted by Gasteiger charge is -2.19. The number of nitrogens with zero attached hydrogens (tertiary/aromatic N) is 4. The first-order chi connectivity index (χ1) is 14.1. The van der Waals surface area contributed by atoms with Gasteiger partial charge >= 0.3 is 0 Å². The molecule has 0 fully saturated rings. The quantitative estimate of drug-likeness (QED) is 0.497. The van der Waals surface area contributed by atoms with Crippen molar-refractivity contribution in [1.29, 1.82) is 0 Å². The van der Waals surface area contributed by atoms with Gasteiger partial charge in [-0.3, -0.25) is 4.79 Å². The molecular weight excluding hydrogens is 382 g/mol. The maximum atomic E-state index is 12.7. The maximum Gasteiger partial charge on any atom is 0.253 e. The molecule has 0 aliphatic heterocycles. The van der Waals surface area contributed by atoms with Crippen molar-refractivity contribution in [3.05, 3.63) is 89.2 Å². The summed E-state index contributed by atoms with van der Waals surface area (Å²) in [5.74, 6) is 0.703. The van der Waals surface area contributed by atoms with Gasteiger partial charge in [0.25, 0.3) is 5.78 Å². The van der Waals surface area contributed by atoms with E-state index in [1.807, 2.05) is 80.6 Å². The third kappa shape index (κ3) is 4.46. The SMILES string of the molecule is Cc1cc(C)n2nc(SCC(=O)NC(c3ccccc3)c3ccccc3)nc2n1. The fraction of sp³-hybridized carbons (Fsp3) is 0.182. The van der Waals surface area contributed by atoms with Crippen LogP contribution in [0.15, 0.2) is 71.9 Å². The number of amides is 1. The summed E-state index contributed by atoms with van der Waals surface area (Å²) in [7, 11) is 0. The molecule has 0 saturated carbocycles. The van der Waals surface area contributed by atoms with Crippen LogP contribution in [0.3, 0.4) is 0 Å². The highest BCUT2D eigenvalue weighted by molar-refractivity contribution is 7.99. The topological polar surface area (TPSA) is 72.2 Å². The normalized spacial score (nSPS) is 11.1. The molecule has 4 rings (SSSR count). The van der Waals surface area contributed by atoms with E-state index in [-0.39, 0.29) is 17.7 Å². The van der Waals surface area contributed by atoms with E-state index in [9.17, 15) is 4.79 Å². The molecule has 0 bridgehead atoms. The van der Waals surface area contributed by atoms with Crippen LogP contribution in [0.5, 0.6) is 0 Å². The van der Waals surface area contributed by atoms with E-state index in [0.717, 1.165) is 22.5 Å². The van der Waals surface area contributed by atoms with E-state index in [1.54, 1.807) is 4.52 Å². The molecule has 0 unspecified atom stereocenters. The van der Waals surface area contributed by atoms with E-state index in [0.29, 0.717) is 10.9 Å². The number of rotatable bonds is 6. The van der Waals surface area contributed by atoms with Gasteiger partial charge in [0.2, 0.25) is 11.1 Å². The van der Waals surface area contributed by atoms with Gasteiger partial charge in [0, 0.05) is 11.4 Å². The summed E-state index contributed by atoms with van der Waals surface area (Å²) in [5.41, 5.74) is 3.94. The number of carbonyl (C=O) groups excluding carboxylic acids is 1. The van der Waals surface area contributed by atoms with E-state index < -0.39 is 0 Å². The molecule has 0 saturated heterocycles. The van der Waals surface area contributed by atoms with Crippen LogP contribution >= 0.6 is 11.8 Å². The molecule has 4 aromatic rings. The first-order valence-corrected chi connectivity index (χ1v) is 10.3. The van der Waals surface area contributed by atoms with Crippen LogP contribution in [0.25, 0.3) is 5.78 Å². The molecule has 0 aliphatic carbocycles. The zero-order valence-electron chi connectivity index (χ0n) is 16.2. The van der Waals surface area contributed by atoms with Gasteiger partial charge in [0.15, 0.2) is 0 Å². The molecular formula is C22H21N5OS. The Hall–Kier alpha value is -3.19. The summed E-state index contributed by atoms with van der Waals surface area (Å²) in [5, 5.41) is 8.12. The molecule has 6 nitrogen and oxygen atoms in total. The summed E-state index contributed by atoms with van der Waals surface area (Å²) >= 11 is 1.31. The highest BCUT2D eigenvalue weighted by Crippen LogP contribution is 2.22. The number of aryl methyl sites for hydroxylation is 2.